The molecular formula is C19H27Cl3N2O. The smallest absolute Gasteiger partial charge is 0.251 e. The van der Waals surface area contributed by atoms with Gasteiger partial charge in [0.1, 0.15) is 0 Å². The summed E-state index contributed by atoms with van der Waals surface area (Å²) in [6, 6.07) is 4.95. The fraction of sp³-hybridized carbons (Fsp3) is 0.632. The summed E-state index contributed by atoms with van der Waals surface area (Å²) in [5, 5.41) is 4.02. The fourth-order valence-electron chi connectivity index (χ4n) is 3.71. The third-order valence-corrected chi connectivity index (χ3v) is 5.68. The van der Waals surface area contributed by atoms with Gasteiger partial charge < -0.3 is 10.2 Å². The van der Waals surface area contributed by atoms with Crippen molar-refractivity contribution >= 4 is 41.5 Å². The minimum Gasteiger partial charge on any atom is -0.352 e. The number of halogens is 3. The van der Waals surface area contributed by atoms with Crippen LogP contribution < -0.4 is 5.32 Å². The summed E-state index contributed by atoms with van der Waals surface area (Å²) in [5.74, 6) is 2.06. The molecule has 3 atom stereocenters. The lowest BCUT2D eigenvalue weighted by Crippen LogP contribution is -2.32. The second-order valence-electron chi connectivity index (χ2n) is 8.43. The summed E-state index contributed by atoms with van der Waals surface area (Å²) >= 11 is 11.9. The quantitative estimate of drug-likeness (QED) is 0.766. The molecule has 1 N–H and O–H groups in total. The molecule has 1 aliphatic carbocycles. The van der Waals surface area contributed by atoms with E-state index >= 15 is 0 Å². The van der Waals surface area contributed by atoms with Crippen molar-refractivity contribution < 1.29 is 4.79 Å². The van der Waals surface area contributed by atoms with E-state index < -0.39 is 0 Å². The van der Waals surface area contributed by atoms with Gasteiger partial charge in [0.05, 0.1) is 0 Å². The Hall–Kier alpha value is -0.480. The van der Waals surface area contributed by atoms with Crippen molar-refractivity contribution in [1.82, 2.24) is 10.2 Å². The molecule has 2 aliphatic rings. The van der Waals surface area contributed by atoms with Crippen LogP contribution in [-0.2, 0) is 0 Å². The SMILES string of the molecule is CC(C)(C)CCN1C[C@@H]2C(CNC(=O)c3cc(Cl)cc(Cl)c3)[C@@H]2C1.Cl. The van der Waals surface area contributed by atoms with Gasteiger partial charge in [-0.3, -0.25) is 4.79 Å². The van der Waals surface area contributed by atoms with Crippen LogP contribution in [0.4, 0.5) is 0 Å². The lowest BCUT2D eigenvalue weighted by molar-refractivity contribution is 0.0949. The van der Waals surface area contributed by atoms with E-state index in [9.17, 15) is 4.79 Å². The molecule has 1 aliphatic heterocycles. The van der Waals surface area contributed by atoms with Gasteiger partial charge in [0, 0.05) is 35.2 Å². The third-order valence-electron chi connectivity index (χ3n) is 5.25. The largest absolute Gasteiger partial charge is 0.352 e. The average molecular weight is 406 g/mol. The zero-order valence-electron chi connectivity index (χ0n) is 15.0. The van der Waals surface area contributed by atoms with Crippen molar-refractivity contribution in [2.45, 2.75) is 27.2 Å². The summed E-state index contributed by atoms with van der Waals surface area (Å²) in [5.41, 5.74) is 0.934. The van der Waals surface area contributed by atoms with Crippen LogP contribution in [0, 0.1) is 23.2 Å². The van der Waals surface area contributed by atoms with Crippen molar-refractivity contribution in [3.05, 3.63) is 33.8 Å². The van der Waals surface area contributed by atoms with Gasteiger partial charge in [0.2, 0.25) is 0 Å². The molecule has 0 aromatic heterocycles. The minimum absolute atomic E-state index is 0. The summed E-state index contributed by atoms with van der Waals surface area (Å²) in [6.07, 6.45) is 1.24. The number of carbonyl (C=O) groups excluding carboxylic acids is 1. The molecule has 3 nitrogen and oxygen atoms in total. The van der Waals surface area contributed by atoms with E-state index in [-0.39, 0.29) is 18.3 Å². The molecule has 1 aromatic rings. The first kappa shape index (κ1) is 20.8. The minimum atomic E-state index is -0.0889. The monoisotopic (exact) mass is 404 g/mol. The maximum atomic E-state index is 12.2. The third kappa shape index (κ3) is 5.50. The van der Waals surface area contributed by atoms with Crippen LogP contribution >= 0.6 is 35.6 Å². The number of rotatable bonds is 5. The van der Waals surface area contributed by atoms with Crippen molar-refractivity contribution in [3.8, 4) is 0 Å². The number of piperidine rings is 1. The Morgan fingerprint density at radius 3 is 2.24 bits per heavy atom. The highest BCUT2D eigenvalue weighted by Gasteiger charge is 2.55. The molecule has 0 spiro atoms. The van der Waals surface area contributed by atoms with E-state index in [1.165, 1.54) is 26.1 Å². The Morgan fingerprint density at radius 2 is 1.72 bits per heavy atom. The molecule has 1 saturated carbocycles. The van der Waals surface area contributed by atoms with Gasteiger partial charge in [-0.15, -0.1) is 12.4 Å². The summed E-state index contributed by atoms with van der Waals surface area (Å²) in [4.78, 5) is 14.8. The first-order valence-electron chi connectivity index (χ1n) is 8.69. The van der Waals surface area contributed by atoms with E-state index in [0.29, 0.717) is 26.9 Å². The molecule has 25 heavy (non-hydrogen) atoms. The van der Waals surface area contributed by atoms with Gasteiger partial charge in [0.15, 0.2) is 0 Å². The van der Waals surface area contributed by atoms with Crippen molar-refractivity contribution in [3.63, 3.8) is 0 Å². The van der Waals surface area contributed by atoms with Gasteiger partial charge in [0.25, 0.3) is 5.91 Å². The van der Waals surface area contributed by atoms with E-state index in [2.05, 4.69) is 31.0 Å². The zero-order valence-corrected chi connectivity index (χ0v) is 17.3. The highest BCUT2D eigenvalue weighted by Crippen LogP contribution is 2.51. The molecule has 140 valence electrons. The molecule has 1 unspecified atom stereocenters. The van der Waals surface area contributed by atoms with Gasteiger partial charge in [-0.25, -0.2) is 0 Å². The number of nitrogens with zero attached hydrogens (tertiary/aromatic N) is 1. The number of likely N-dealkylation sites (tertiary alicyclic amines) is 1. The Labute approximate surface area is 166 Å². The van der Waals surface area contributed by atoms with Crippen LogP contribution in [0.5, 0.6) is 0 Å². The maximum absolute atomic E-state index is 12.2. The highest BCUT2D eigenvalue weighted by molar-refractivity contribution is 6.35. The predicted octanol–water partition coefficient (Wildman–Crippen LogP) is 4.76. The summed E-state index contributed by atoms with van der Waals surface area (Å²) < 4.78 is 0. The number of nitrogens with one attached hydrogen (secondary N) is 1. The molecule has 1 aromatic carbocycles. The molecule has 1 saturated heterocycles. The van der Waals surface area contributed by atoms with Crippen molar-refractivity contribution in [2.24, 2.45) is 23.2 Å². The molecule has 1 amide bonds. The lowest BCUT2D eigenvalue weighted by atomic mass is 9.92. The zero-order chi connectivity index (χ0) is 17.5. The van der Waals surface area contributed by atoms with E-state index in [1.807, 2.05) is 0 Å². The number of amides is 1. The van der Waals surface area contributed by atoms with Crippen LogP contribution in [0.3, 0.4) is 0 Å². The second-order valence-corrected chi connectivity index (χ2v) is 9.30. The van der Waals surface area contributed by atoms with E-state index in [0.717, 1.165) is 18.4 Å². The highest BCUT2D eigenvalue weighted by atomic mass is 35.5. The first-order chi connectivity index (χ1) is 11.2. The Bertz CT molecular complexity index is 597. The summed E-state index contributed by atoms with van der Waals surface area (Å²) in [7, 11) is 0. The van der Waals surface area contributed by atoms with E-state index in [4.69, 9.17) is 23.2 Å². The van der Waals surface area contributed by atoms with Crippen LogP contribution in [0.15, 0.2) is 18.2 Å². The van der Waals surface area contributed by atoms with Gasteiger partial charge >= 0.3 is 0 Å². The first-order valence-corrected chi connectivity index (χ1v) is 9.45. The molecule has 0 radical (unpaired) electrons. The van der Waals surface area contributed by atoms with Crippen LogP contribution in [0.1, 0.15) is 37.6 Å². The number of hydrogen-bond acceptors (Lipinski definition) is 2. The molecule has 3 rings (SSSR count). The predicted molar refractivity (Wildman–Crippen MR) is 107 cm³/mol. The molecule has 0 bridgehead atoms. The van der Waals surface area contributed by atoms with Gasteiger partial charge in [-0.1, -0.05) is 44.0 Å². The van der Waals surface area contributed by atoms with Gasteiger partial charge in [-0.05, 0) is 54.3 Å². The Kier molecular flexibility index (Phi) is 6.70. The number of fused-ring (bicyclic) bond motifs is 1. The van der Waals surface area contributed by atoms with Crippen LogP contribution in [0.2, 0.25) is 10.0 Å². The van der Waals surface area contributed by atoms with Crippen LogP contribution in [0.25, 0.3) is 0 Å². The molecule has 1 heterocycles. The number of hydrogen-bond donors (Lipinski definition) is 1. The lowest BCUT2D eigenvalue weighted by Gasteiger charge is -2.25. The number of carbonyl (C=O) groups is 1. The van der Waals surface area contributed by atoms with E-state index in [1.54, 1.807) is 18.2 Å². The van der Waals surface area contributed by atoms with Gasteiger partial charge in [-0.2, -0.15) is 0 Å². The van der Waals surface area contributed by atoms with Crippen molar-refractivity contribution in [1.29, 1.82) is 0 Å². The standard InChI is InChI=1S/C19H26Cl2N2O.ClH/c1-19(2,3)4-5-23-10-16-15(17(16)11-23)9-22-18(24)12-6-13(20)8-14(21)7-12;/h6-8,15-17H,4-5,9-11H2,1-3H3,(H,22,24);1H/t15?,16-,17+;. The summed E-state index contributed by atoms with van der Waals surface area (Å²) in [6.45, 7) is 11.2. The Morgan fingerprint density at radius 1 is 1.16 bits per heavy atom. The molecule has 6 heteroatoms. The second kappa shape index (κ2) is 8.04. The molecule has 2 fully saturated rings. The normalized spacial score (nSPS) is 25.2. The van der Waals surface area contributed by atoms with Crippen LogP contribution in [-0.4, -0.2) is 37.0 Å². The number of benzene rings is 1. The molecular weight excluding hydrogens is 379 g/mol. The Balaban J connectivity index is 0.00000225. The fourth-order valence-corrected chi connectivity index (χ4v) is 4.24. The average Bonchev–Trinajstić information content (AvgIpc) is 2.92. The topological polar surface area (TPSA) is 32.3 Å². The van der Waals surface area contributed by atoms with Crippen molar-refractivity contribution in [2.75, 3.05) is 26.2 Å². The maximum Gasteiger partial charge on any atom is 0.251 e.